The molecular weight excluding hydrogens is 604 g/mol. The first-order valence-electron chi connectivity index (χ1n) is 14.0. The van der Waals surface area contributed by atoms with Crippen LogP contribution in [0.1, 0.15) is 13.8 Å². The number of Topliss-reactive ketones (excluding diaryl/α,β-unsaturated/α-hetero) is 2. The lowest BCUT2D eigenvalue weighted by molar-refractivity contribution is -0.124. The van der Waals surface area contributed by atoms with Crippen LogP contribution in [0.3, 0.4) is 0 Å². The number of fused-ring (bicyclic) bond motifs is 2. The number of carbonyl (C=O) groups is 2. The fourth-order valence-corrected chi connectivity index (χ4v) is 7.28. The first-order chi connectivity index (χ1) is 21.2. The van der Waals surface area contributed by atoms with Gasteiger partial charge < -0.3 is 18.9 Å². The zero-order chi connectivity index (χ0) is 31.4. The molecule has 2 atom stereocenters. The van der Waals surface area contributed by atoms with Crippen molar-refractivity contribution in [3.8, 4) is 23.0 Å². The molecule has 3 aliphatic rings. The lowest BCUT2D eigenvalue weighted by atomic mass is 9.81. The molecule has 2 unspecified atom stereocenters. The van der Waals surface area contributed by atoms with Crippen molar-refractivity contribution in [1.29, 1.82) is 0 Å². The first kappa shape index (κ1) is 31.3. The van der Waals surface area contributed by atoms with E-state index in [1.165, 1.54) is 43.1 Å². The Balaban J connectivity index is 1.52. The number of methoxy groups -OCH3 is 1. The highest BCUT2D eigenvalue weighted by Gasteiger charge is 2.44. The van der Waals surface area contributed by atoms with E-state index in [0.29, 0.717) is 42.8 Å². The van der Waals surface area contributed by atoms with Gasteiger partial charge in [0.15, 0.2) is 44.4 Å². The van der Waals surface area contributed by atoms with Gasteiger partial charge in [0.1, 0.15) is 25.3 Å². The Morgan fingerprint density at radius 3 is 2.36 bits per heavy atom. The van der Waals surface area contributed by atoms with E-state index in [4.69, 9.17) is 18.9 Å². The quantitative estimate of drug-likeness (QED) is 0.332. The normalized spacial score (nSPS) is 19.8. The Morgan fingerprint density at radius 2 is 1.68 bits per heavy atom. The molecule has 0 saturated carbocycles. The van der Waals surface area contributed by atoms with Crippen LogP contribution in [0, 0.1) is 0 Å². The molecule has 0 fully saturated rings. The summed E-state index contributed by atoms with van der Waals surface area (Å²) in [6, 6.07) is 7.58. The summed E-state index contributed by atoms with van der Waals surface area (Å²) >= 11 is 1.38. The van der Waals surface area contributed by atoms with Gasteiger partial charge in [-0.2, -0.15) is 0 Å². The lowest BCUT2D eigenvalue weighted by Crippen LogP contribution is -2.48. The molecule has 0 N–H and O–H groups in total. The van der Waals surface area contributed by atoms with Crippen molar-refractivity contribution in [2.45, 2.75) is 35.7 Å². The second-order valence-corrected chi connectivity index (χ2v) is 12.9. The minimum absolute atomic E-state index is 0.0000885. The van der Waals surface area contributed by atoms with Gasteiger partial charge in [-0.05, 0) is 44.2 Å². The molecule has 0 aromatic heterocycles. The minimum Gasteiger partial charge on any atom is -0.493 e. The van der Waals surface area contributed by atoms with Crippen LogP contribution in [0.15, 0.2) is 92.1 Å². The predicted molar refractivity (Wildman–Crippen MR) is 169 cm³/mol. The summed E-state index contributed by atoms with van der Waals surface area (Å²) in [5.41, 5.74) is 0.783. The van der Waals surface area contributed by atoms with Crippen molar-refractivity contribution < 1.29 is 37.0 Å². The summed E-state index contributed by atoms with van der Waals surface area (Å²) in [6.45, 7) is 8.46. The van der Waals surface area contributed by atoms with E-state index in [9.17, 15) is 18.0 Å². The number of nitrogens with zero attached hydrogens (tertiary/aromatic N) is 2. The molecule has 1 aliphatic carbocycles. The van der Waals surface area contributed by atoms with Gasteiger partial charge in [0.2, 0.25) is 0 Å². The minimum atomic E-state index is -3.99. The number of hydrogen-bond acceptors (Lipinski definition) is 11. The summed E-state index contributed by atoms with van der Waals surface area (Å²) < 4.78 is 49.7. The van der Waals surface area contributed by atoms with Crippen molar-refractivity contribution in [3.05, 3.63) is 72.4 Å². The molecule has 12 heteroatoms. The monoisotopic (exact) mass is 636 g/mol. The first-order valence-corrected chi connectivity index (χ1v) is 16.6. The standard InChI is InChI=1S/C32H32N2O8S2/c1-5-8-22-21(6-2)31(35)29-30(32(22)36)34-24(18-44(37,38)20-10-12-25(39-4)28(16-20)40-7-3)23(33-29)17-43-19-9-11-26-27(15-19)42-14-13-41-26/h5-6,8-12,15-16,29-30H,2,7,13-14,17-18H2,1,3-4H3/b8-5-. The molecule has 0 radical (unpaired) electrons. The molecule has 44 heavy (non-hydrogen) atoms. The van der Waals surface area contributed by atoms with E-state index in [0.717, 1.165) is 4.90 Å². The number of ether oxygens (including phenoxy) is 4. The third-order valence-electron chi connectivity index (χ3n) is 7.13. The topological polar surface area (TPSA) is 130 Å². The van der Waals surface area contributed by atoms with Crippen molar-refractivity contribution in [2.24, 2.45) is 9.98 Å². The maximum Gasteiger partial charge on any atom is 0.190 e. The summed E-state index contributed by atoms with van der Waals surface area (Å²) in [4.78, 5) is 37.2. The molecule has 2 aromatic rings. The van der Waals surface area contributed by atoms with E-state index < -0.39 is 33.5 Å². The Kier molecular flexibility index (Phi) is 9.40. The molecule has 5 rings (SSSR count). The van der Waals surface area contributed by atoms with Crippen molar-refractivity contribution >= 4 is 44.6 Å². The SMILES string of the molecule is C=CC1=C(/C=C\C)C(=O)C2N=C(CS(=O)(=O)c3ccc(OC)c(OCC)c3)C(CSc3ccc4c(c3)OCCO4)=NC2C1=O. The lowest BCUT2D eigenvalue weighted by Gasteiger charge is -2.31. The fraction of sp³-hybridized carbons (Fsp3) is 0.312. The molecule has 2 heterocycles. The van der Waals surface area contributed by atoms with Crippen LogP contribution >= 0.6 is 11.8 Å². The zero-order valence-corrected chi connectivity index (χ0v) is 26.2. The van der Waals surface area contributed by atoms with E-state index in [-0.39, 0.29) is 39.0 Å². The van der Waals surface area contributed by atoms with Crippen molar-refractivity contribution in [2.75, 3.05) is 38.4 Å². The maximum absolute atomic E-state index is 13.8. The third-order valence-corrected chi connectivity index (χ3v) is 9.76. The molecule has 0 saturated heterocycles. The van der Waals surface area contributed by atoms with Crippen LogP contribution in [0.2, 0.25) is 0 Å². The summed E-state index contributed by atoms with van der Waals surface area (Å²) in [6.07, 6.45) is 4.55. The molecule has 0 amide bonds. The largest absolute Gasteiger partial charge is 0.493 e. The van der Waals surface area contributed by atoms with Gasteiger partial charge in [-0.1, -0.05) is 24.8 Å². The van der Waals surface area contributed by atoms with E-state index in [2.05, 4.69) is 16.6 Å². The molecule has 10 nitrogen and oxygen atoms in total. The van der Waals surface area contributed by atoms with Gasteiger partial charge in [-0.25, -0.2) is 8.42 Å². The predicted octanol–water partition coefficient (Wildman–Crippen LogP) is 4.27. The molecule has 0 bridgehead atoms. The Labute approximate surface area is 260 Å². The highest BCUT2D eigenvalue weighted by atomic mass is 32.2. The van der Waals surface area contributed by atoms with Gasteiger partial charge in [-0.15, -0.1) is 11.8 Å². The average Bonchev–Trinajstić information content (AvgIpc) is 3.02. The van der Waals surface area contributed by atoms with Crippen molar-refractivity contribution in [1.82, 2.24) is 0 Å². The van der Waals surface area contributed by atoms with E-state index >= 15 is 0 Å². The van der Waals surface area contributed by atoms with Gasteiger partial charge in [0.25, 0.3) is 0 Å². The number of allylic oxidation sites excluding steroid dienone is 3. The van der Waals surface area contributed by atoms with Crippen LogP contribution in [-0.4, -0.2) is 81.9 Å². The number of benzene rings is 2. The highest BCUT2D eigenvalue weighted by molar-refractivity contribution is 8.00. The highest BCUT2D eigenvalue weighted by Crippen LogP contribution is 2.36. The average molecular weight is 637 g/mol. The van der Waals surface area contributed by atoms with Gasteiger partial charge >= 0.3 is 0 Å². The van der Waals surface area contributed by atoms with Crippen LogP contribution in [0.5, 0.6) is 23.0 Å². The van der Waals surface area contributed by atoms with Crippen LogP contribution in [0.25, 0.3) is 0 Å². The van der Waals surface area contributed by atoms with Gasteiger partial charge in [-0.3, -0.25) is 19.6 Å². The smallest absolute Gasteiger partial charge is 0.190 e. The summed E-state index contributed by atoms with van der Waals surface area (Å²) in [5.74, 6) is 0.797. The van der Waals surface area contributed by atoms with Crippen LogP contribution < -0.4 is 18.9 Å². The zero-order valence-electron chi connectivity index (χ0n) is 24.6. The second kappa shape index (κ2) is 13.2. The van der Waals surface area contributed by atoms with Gasteiger partial charge in [0, 0.05) is 27.9 Å². The Morgan fingerprint density at radius 1 is 0.977 bits per heavy atom. The molecule has 230 valence electrons. The van der Waals surface area contributed by atoms with E-state index in [1.54, 1.807) is 26.0 Å². The molecule has 0 spiro atoms. The number of hydrogen-bond donors (Lipinski definition) is 0. The number of carbonyl (C=O) groups excluding carboxylic acids is 2. The number of sulfone groups is 1. The fourth-order valence-electron chi connectivity index (χ4n) is 5.05. The number of aliphatic imine (C=N–C) groups is 2. The maximum atomic E-state index is 13.8. The molecular formula is C32H32N2O8S2. The van der Waals surface area contributed by atoms with Crippen LogP contribution in [-0.2, 0) is 19.4 Å². The van der Waals surface area contributed by atoms with E-state index in [1.807, 2.05) is 18.2 Å². The summed E-state index contributed by atoms with van der Waals surface area (Å²) in [5, 5.41) is 0. The Bertz CT molecular complexity index is 1740. The molecule has 2 aromatic carbocycles. The summed E-state index contributed by atoms with van der Waals surface area (Å²) in [7, 11) is -2.52. The number of ketones is 2. The number of thioether (sulfide) groups is 1. The Hall–Kier alpha value is -4.16. The van der Waals surface area contributed by atoms with Crippen molar-refractivity contribution in [3.63, 3.8) is 0 Å². The molecule has 2 aliphatic heterocycles. The van der Waals surface area contributed by atoms with Gasteiger partial charge in [0.05, 0.1) is 35.8 Å². The third kappa shape index (κ3) is 6.22. The van der Waals surface area contributed by atoms with Crippen LogP contribution in [0.4, 0.5) is 0 Å². The second-order valence-electron chi connectivity index (χ2n) is 9.90. The number of rotatable bonds is 11.